The molecule has 4 amide bonds. The number of amides is 4. The number of urea groups is 1. The molecule has 1 aromatic carbocycles. The van der Waals surface area contributed by atoms with Gasteiger partial charge in [-0.25, -0.2) is 13.6 Å². The number of carbonyl (C=O) groups is 3. The molecule has 2 aliphatic rings. The van der Waals surface area contributed by atoms with E-state index in [9.17, 15) is 23.2 Å². The van der Waals surface area contributed by atoms with Crippen molar-refractivity contribution in [3.05, 3.63) is 34.4 Å². The van der Waals surface area contributed by atoms with Crippen LogP contribution >= 0.6 is 11.6 Å². The van der Waals surface area contributed by atoms with Crippen molar-refractivity contribution in [1.82, 2.24) is 16.0 Å². The first-order valence-electron chi connectivity index (χ1n) is 9.84. The summed E-state index contributed by atoms with van der Waals surface area (Å²) in [6.45, 7) is 0.666. The van der Waals surface area contributed by atoms with Gasteiger partial charge in [-0.05, 0) is 43.7 Å². The van der Waals surface area contributed by atoms with Gasteiger partial charge >= 0.3 is 6.03 Å². The fourth-order valence-corrected chi connectivity index (χ4v) is 3.83. The smallest absolute Gasteiger partial charge is 0.321 e. The van der Waals surface area contributed by atoms with Gasteiger partial charge in [-0.2, -0.15) is 0 Å². The Balaban J connectivity index is 0.000000234. The third-order valence-electron chi connectivity index (χ3n) is 5.13. The van der Waals surface area contributed by atoms with Crippen molar-refractivity contribution in [2.45, 2.75) is 57.4 Å². The van der Waals surface area contributed by atoms with Crippen molar-refractivity contribution in [3.63, 3.8) is 0 Å². The number of hydrogen-bond donors (Lipinski definition) is 3. The Labute approximate surface area is 173 Å². The van der Waals surface area contributed by atoms with Gasteiger partial charge in [-0.3, -0.25) is 14.9 Å². The summed E-state index contributed by atoms with van der Waals surface area (Å²) in [5.74, 6) is -1.55. The van der Waals surface area contributed by atoms with Crippen LogP contribution in [0, 0.1) is 17.6 Å². The Morgan fingerprint density at radius 2 is 1.83 bits per heavy atom. The highest BCUT2D eigenvalue weighted by Gasteiger charge is 2.31. The average molecular weight is 430 g/mol. The molecule has 1 saturated heterocycles. The molecular formula is C20H26ClF2N3O3. The van der Waals surface area contributed by atoms with E-state index >= 15 is 0 Å². The Kier molecular flexibility index (Phi) is 9.31. The zero-order valence-corrected chi connectivity index (χ0v) is 16.9. The maximum atomic E-state index is 14.0. The second-order valence-corrected chi connectivity index (χ2v) is 7.59. The number of imide groups is 1. The summed E-state index contributed by atoms with van der Waals surface area (Å²) < 4.78 is 27.8. The monoisotopic (exact) mass is 429 g/mol. The molecule has 6 nitrogen and oxygen atoms in total. The van der Waals surface area contributed by atoms with Gasteiger partial charge in [0.05, 0.1) is 11.1 Å². The predicted molar refractivity (Wildman–Crippen MR) is 105 cm³/mol. The second-order valence-electron chi connectivity index (χ2n) is 7.18. The predicted octanol–water partition coefficient (Wildman–Crippen LogP) is 3.98. The van der Waals surface area contributed by atoms with Crippen molar-refractivity contribution in [2.75, 3.05) is 6.54 Å². The molecule has 3 N–H and O–H groups in total. The van der Waals surface area contributed by atoms with E-state index in [0.717, 1.165) is 51.0 Å². The average Bonchev–Trinajstić information content (AvgIpc) is 3.23. The number of benzene rings is 1. The van der Waals surface area contributed by atoms with E-state index < -0.39 is 17.7 Å². The highest BCUT2D eigenvalue weighted by atomic mass is 35.5. The summed E-state index contributed by atoms with van der Waals surface area (Å²) in [5, 5.41) is 7.22. The van der Waals surface area contributed by atoms with Crippen LogP contribution in [0.3, 0.4) is 0 Å². The summed E-state index contributed by atoms with van der Waals surface area (Å²) in [4.78, 5) is 32.2. The van der Waals surface area contributed by atoms with E-state index in [1.165, 1.54) is 6.07 Å². The number of rotatable bonds is 4. The topological polar surface area (TPSA) is 87.3 Å². The largest absolute Gasteiger partial charge is 0.351 e. The molecule has 3 rings (SSSR count). The van der Waals surface area contributed by atoms with Crippen molar-refractivity contribution in [1.29, 1.82) is 0 Å². The van der Waals surface area contributed by atoms with Gasteiger partial charge in [-0.15, -0.1) is 0 Å². The molecule has 0 bridgehead atoms. The molecule has 9 heteroatoms. The fourth-order valence-electron chi connectivity index (χ4n) is 3.67. The first-order valence-corrected chi connectivity index (χ1v) is 10.2. The Hall–Kier alpha value is -2.22. The van der Waals surface area contributed by atoms with E-state index in [4.69, 9.17) is 11.6 Å². The number of halogens is 3. The van der Waals surface area contributed by atoms with Gasteiger partial charge in [0.25, 0.3) is 0 Å². The van der Waals surface area contributed by atoms with Crippen LogP contribution in [-0.2, 0) is 9.59 Å². The third kappa shape index (κ3) is 6.96. The fraction of sp³-hybridized carbons (Fsp3) is 0.550. The molecule has 1 aromatic rings. The molecule has 1 saturated carbocycles. The summed E-state index contributed by atoms with van der Waals surface area (Å²) in [7, 11) is 0. The van der Waals surface area contributed by atoms with Crippen LogP contribution in [-0.4, -0.2) is 24.9 Å². The highest BCUT2D eigenvalue weighted by Crippen LogP contribution is 2.38. The Bertz CT molecular complexity index is 709. The molecule has 0 radical (unpaired) electrons. The molecule has 1 aliphatic carbocycles. The zero-order valence-electron chi connectivity index (χ0n) is 16.1. The maximum Gasteiger partial charge on any atom is 0.321 e. The van der Waals surface area contributed by atoms with Gasteiger partial charge in [0.2, 0.25) is 12.3 Å². The van der Waals surface area contributed by atoms with Crippen LogP contribution in [0.25, 0.3) is 0 Å². The molecule has 2 fully saturated rings. The standard InChI is InChI=1S/C13H14ClF2NO.C7H12N2O2/c14-9-5-6-10(15)11(12(9)16)13(17-7-18)8-3-1-2-4-8;10-6-4-2-1-3-5-8-7(11)9-6/h5-8,13H,1-4H2,(H,17,18);1-5H2,(H2,8,9,10,11). The number of hydrogen-bond acceptors (Lipinski definition) is 3. The summed E-state index contributed by atoms with van der Waals surface area (Å²) in [6, 6.07) is 1.32. The van der Waals surface area contributed by atoms with Crippen LogP contribution in [0.2, 0.25) is 5.02 Å². The van der Waals surface area contributed by atoms with Gasteiger partial charge < -0.3 is 10.6 Å². The van der Waals surface area contributed by atoms with Crippen molar-refractivity contribution >= 4 is 29.9 Å². The van der Waals surface area contributed by atoms with Crippen molar-refractivity contribution in [3.8, 4) is 0 Å². The van der Waals surface area contributed by atoms with Crippen molar-refractivity contribution < 1.29 is 23.2 Å². The molecule has 1 unspecified atom stereocenters. The summed E-state index contributed by atoms with van der Waals surface area (Å²) >= 11 is 5.68. The quantitative estimate of drug-likeness (QED) is 0.499. The van der Waals surface area contributed by atoms with Crippen LogP contribution in [0.15, 0.2) is 12.1 Å². The lowest BCUT2D eigenvalue weighted by atomic mass is 9.91. The van der Waals surface area contributed by atoms with E-state index in [2.05, 4.69) is 16.0 Å². The van der Waals surface area contributed by atoms with Crippen LogP contribution in [0.4, 0.5) is 13.6 Å². The van der Waals surface area contributed by atoms with Gasteiger partial charge in [0.15, 0.2) is 0 Å². The van der Waals surface area contributed by atoms with Gasteiger partial charge in [0.1, 0.15) is 11.6 Å². The molecule has 0 spiro atoms. The van der Waals surface area contributed by atoms with E-state index in [1.807, 2.05) is 0 Å². The van der Waals surface area contributed by atoms with E-state index in [1.54, 1.807) is 0 Å². The minimum atomic E-state index is -0.775. The minimum Gasteiger partial charge on any atom is -0.351 e. The van der Waals surface area contributed by atoms with Crippen LogP contribution < -0.4 is 16.0 Å². The first-order chi connectivity index (χ1) is 13.9. The van der Waals surface area contributed by atoms with E-state index in [-0.39, 0.29) is 28.4 Å². The Morgan fingerprint density at radius 1 is 1.10 bits per heavy atom. The second kappa shape index (κ2) is 11.7. The molecule has 160 valence electrons. The molecule has 0 aromatic heterocycles. The van der Waals surface area contributed by atoms with Crippen molar-refractivity contribution in [2.24, 2.45) is 5.92 Å². The highest BCUT2D eigenvalue weighted by molar-refractivity contribution is 6.30. The van der Waals surface area contributed by atoms with Gasteiger partial charge in [0, 0.05) is 18.5 Å². The van der Waals surface area contributed by atoms with Crippen LogP contribution in [0.5, 0.6) is 0 Å². The molecule has 29 heavy (non-hydrogen) atoms. The molecule has 1 heterocycles. The first kappa shape index (κ1) is 23.1. The Morgan fingerprint density at radius 3 is 2.52 bits per heavy atom. The lowest BCUT2D eigenvalue weighted by Gasteiger charge is -2.24. The summed E-state index contributed by atoms with van der Waals surface area (Å²) in [5.41, 5.74) is -0.124. The van der Waals surface area contributed by atoms with E-state index in [0.29, 0.717) is 19.4 Å². The van der Waals surface area contributed by atoms with Gasteiger partial charge in [-0.1, -0.05) is 30.9 Å². The lowest BCUT2D eigenvalue weighted by Crippen LogP contribution is -2.38. The normalized spacial score (nSPS) is 18.9. The zero-order chi connectivity index (χ0) is 21.2. The number of nitrogens with one attached hydrogen (secondary N) is 3. The maximum absolute atomic E-state index is 14.0. The lowest BCUT2D eigenvalue weighted by molar-refractivity contribution is -0.120. The third-order valence-corrected chi connectivity index (χ3v) is 5.42. The summed E-state index contributed by atoms with van der Waals surface area (Å²) in [6.07, 6.45) is 7.55. The SMILES string of the molecule is O=C1CCCCCNC(=O)N1.O=CNC(c1c(F)ccc(Cl)c1F)C1CCCC1. The molecule has 1 atom stereocenters. The number of carbonyl (C=O) groups excluding carboxylic acids is 3. The molecular weight excluding hydrogens is 404 g/mol. The minimum absolute atomic E-state index is 0.0673. The van der Waals surface area contributed by atoms with Crippen LogP contribution in [0.1, 0.15) is 63.0 Å². The molecule has 1 aliphatic heterocycles.